The number of rotatable bonds is 19. The lowest BCUT2D eigenvalue weighted by Gasteiger charge is -2.32. The van der Waals surface area contributed by atoms with E-state index in [1.165, 1.54) is 15.9 Å². The SMILES string of the molecule is CC(C)(C)NC(=O)[C@@H]1CCCN1C(=O)[C@@H](O)[C@H](Cc1ccccc1)NC(=O)COc1ccccc1NC(=O)CNC(=O)[C@@H](Cc1ccccc1)NC(=O)[C@@H]1CCCN1C(=O)OCc1ccccc1. The Hall–Kier alpha value is -7.27. The summed E-state index contributed by atoms with van der Waals surface area (Å²) >= 11 is 0. The minimum absolute atomic E-state index is 0.0448. The number of likely N-dealkylation sites (tertiary alicyclic amines) is 2. The van der Waals surface area contributed by atoms with Gasteiger partial charge >= 0.3 is 6.09 Å². The molecular weight excluding hydrogens is 871 g/mol. The normalized spacial score (nSPS) is 16.9. The highest BCUT2D eigenvalue weighted by Gasteiger charge is 2.41. The molecule has 6 N–H and O–H groups in total. The van der Waals surface area contributed by atoms with Gasteiger partial charge in [0.25, 0.3) is 11.8 Å². The monoisotopic (exact) mass is 931 g/mol. The fourth-order valence-corrected chi connectivity index (χ4v) is 8.17. The summed E-state index contributed by atoms with van der Waals surface area (Å²) in [6, 6.07) is 29.8. The van der Waals surface area contributed by atoms with E-state index >= 15 is 0 Å². The smallest absolute Gasteiger partial charge is 0.410 e. The number of ether oxygens (including phenoxy) is 2. The molecule has 5 atom stereocenters. The third-order valence-corrected chi connectivity index (χ3v) is 11.5. The molecule has 360 valence electrons. The lowest BCUT2D eigenvalue weighted by molar-refractivity contribution is -0.147. The van der Waals surface area contributed by atoms with E-state index in [2.05, 4.69) is 26.6 Å². The quantitative estimate of drug-likeness (QED) is 0.0801. The van der Waals surface area contributed by atoms with Gasteiger partial charge in [-0.25, -0.2) is 4.79 Å². The maximum atomic E-state index is 13.8. The molecule has 2 aliphatic heterocycles. The van der Waals surface area contributed by atoms with Crippen molar-refractivity contribution in [3.63, 3.8) is 0 Å². The van der Waals surface area contributed by atoms with E-state index in [-0.39, 0.29) is 43.3 Å². The van der Waals surface area contributed by atoms with Gasteiger partial charge in [0.15, 0.2) is 12.7 Å². The number of aliphatic hydroxyl groups is 1. The van der Waals surface area contributed by atoms with Crippen molar-refractivity contribution < 1.29 is 48.1 Å². The van der Waals surface area contributed by atoms with Gasteiger partial charge in [-0.2, -0.15) is 0 Å². The van der Waals surface area contributed by atoms with E-state index < -0.39 is 84.6 Å². The molecule has 0 aromatic heterocycles. The number of carbonyl (C=O) groups is 7. The third-order valence-electron chi connectivity index (χ3n) is 11.5. The van der Waals surface area contributed by atoms with Crippen LogP contribution in [0.3, 0.4) is 0 Å². The van der Waals surface area contributed by atoms with E-state index in [9.17, 15) is 38.7 Å². The summed E-state index contributed by atoms with van der Waals surface area (Å²) in [7, 11) is 0. The first-order chi connectivity index (χ1) is 32.6. The Labute approximate surface area is 396 Å². The Balaban J connectivity index is 1.04. The number of benzene rings is 4. The molecule has 0 bridgehead atoms. The van der Waals surface area contributed by atoms with Gasteiger partial charge in [-0.05, 0) is 81.7 Å². The number of nitrogens with zero attached hydrogens (tertiary/aromatic N) is 2. The Kier molecular flexibility index (Phi) is 17.7. The van der Waals surface area contributed by atoms with E-state index in [1.54, 1.807) is 54.6 Å². The van der Waals surface area contributed by atoms with Crippen molar-refractivity contribution in [3.8, 4) is 5.75 Å². The van der Waals surface area contributed by atoms with E-state index in [0.29, 0.717) is 32.2 Å². The Morgan fingerprint density at radius 3 is 1.87 bits per heavy atom. The molecule has 4 aromatic carbocycles. The van der Waals surface area contributed by atoms with E-state index in [4.69, 9.17) is 9.47 Å². The van der Waals surface area contributed by atoms with Crippen LogP contribution in [0, 0.1) is 0 Å². The average molecular weight is 932 g/mol. The van der Waals surface area contributed by atoms with Gasteiger partial charge in [0, 0.05) is 25.0 Å². The number of carbonyl (C=O) groups excluding carboxylic acids is 7. The molecule has 0 unspecified atom stereocenters. The number of nitrogens with one attached hydrogen (secondary N) is 5. The van der Waals surface area contributed by atoms with Crippen LogP contribution in [0.15, 0.2) is 115 Å². The van der Waals surface area contributed by atoms with Crippen LogP contribution in [-0.2, 0) is 53.0 Å². The van der Waals surface area contributed by atoms with E-state index in [0.717, 1.165) is 16.7 Å². The van der Waals surface area contributed by atoms with Crippen molar-refractivity contribution in [2.24, 2.45) is 0 Å². The second-order valence-electron chi connectivity index (χ2n) is 17.9. The van der Waals surface area contributed by atoms with E-state index in [1.807, 2.05) is 75.4 Å². The minimum Gasteiger partial charge on any atom is -0.482 e. The highest BCUT2D eigenvalue weighted by Crippen LogP contribution is 2.25. The van der Waals surface area contributed by atoms with Crippen LogP contribution in [0.4, 0.5) is 10.5 Å². The van der Waals surface area contributed by atoms with Crippen molar-refractivity contribution in [3.05, 3.63) is 132 Å². The van der Waals surface area contributed by atoms with Crippen molar-refractivity contribution in [1.82, 2.24) is 31.1 Å². The number of para-hydroxylation sites is 2. The van der Waals surface area contributed by atoms with Gasteiger partial charge in [0.05, 0.1) is 18.3 Å². The summed E-state index contributed by atoms with van der Waals surface area (Å²) in [5.41, 5.74) is 1.98. The predicted octanol–water partition coefficient (Wildman–Crippen LogP) is 3.64. The van der Waals surface area contributed by atoms with Crippen molar-refractivity contribution in [2.75, 3.05) is 31.6 Å². The largest absolute Gasteiger partial charge is 0.482 e. The topological polar surface area (TPSA) is 225 Å². The minimum atomic E-state index is -1.68. The second-order valence-corrected chi connectivity index (χ2v) is 17.9. The summed E-state index contributed by atoms with van der Waals surface area (Å²) in [5.74, 6) is -3.31. The van der Waals surface area contributed by atoms with Gasteiger partial charge in [-0.1, -0.05) is 103 Å². The van der Waals surface area contributed by atoms with Gasteiger partial charge in [-0.15, -0.1) is 0 Å². The van der Waals surface area contributed by atoms with Crippen LogP contribution >= 0.6 is 0 Å². The number of hydrogen-bond donors (Lipinski definition) is 6. The number of amides is 7. The highest BCUT2D eigenvalue weighted by molar-refractivity contribution is 5.98. The standard InChI is InChI=1S/C51H61N7O10/c1-51(2,3)56-48(64)41-25-15-27-57(41)49(65)45(61)38(29-34-17-7-4-8-18-34)54-44(60)33-67-42-26-14-13-23-37(42)53-43(59)31-52-46(62)39(30-35-19-9-5-10-20-35)55-47(63)40-24-16-28-58(40)50(66)68-32-36-21-11-6-12-22-36/h4-14,17-23,26,38-41,45,61H,15-16,24-25,27-33H2,1-3H3,(H,52,62)(H,53,59)(H,54,60)(H,55,63)(H,56,64)/t38-,39+,40-,41-,45-/m0/s1. The lowest BCUT2D eigenvalue weighted by Crippen LogP contribution is -2.57. The van der Waals surface area contributed by atoms with Gasteiger partial charge < -0.3 is 46.1 Å². The first kappa shape index (κ1) is 50.1. The van der Waals surface area contributed by atoms with Crippen LogP contribution in [0.1, 0.15) is 63.1 Å². The molecule has 2 aliphatic rings. The zero-order valence-corrected chi connectivity index (χ0v) is 38.7. The molecule has 2 heterocycles. The number of aliphatic hydroxyl groups excluding tert-OH is 1. The Bertz CT molecular complexity index is 2360. The van der Waals surface area contributed by atoms with Crippen LogP contribution in [0.25, 0.3) is 0 Å². The van der Waals surface area contributed by atoms with Crippen LogP contribution in [0.5, 0.6) is 5.75 Å². The molecular formula is C51H61N7O10. The summed E-state index contributed by atoms with van der Waals surface area (Å²) in [5, 5.41) is 25.2. The first-order valence-corrected chi connectivity index (χ1v) is 22.9. The maximum Gasteiger partial charge on any atom is 0.410 e. The summed E-state index contributed by atoms with van der Waals surface area (Å²) in [4.78, 5) is 96.8. The zero-order chi connectivity index (χ0) is 48.6. The number of anilines is 1. The Morgan fingerprint density at radius 1 is 0.676 bits per heavy atom. The van der Waals surface area contributed by atoms with Crippen molar-refractivity contribution in [2.45, 2.75) is 102 Å². The molecule has 0 saturated carbocycles. The highest BCUT2D eigenvalue weighted by atomic mass is 16.6. The van der Waals surface area contributed by atoms with Gasteiger partial charge in [0.2, 0.25) is 23.6 Å². The molecule has 17 heteroatoms. The molecule has 7 amide bonds. The fourth-order valence-electron chi connectivity index (χ4n) is 8.17. The van der Waals surface area contributed by atoms with Crippen LogP contribution < -0.4 is 31.3 Å². The lowest BCUT2D eigenvalue weighted by atomic mass is 9.99. The van der Waals surface area contributed by atoms with Crippen molar-refractivity contribution >= 4 is 47.2 Å². The molecule has 2 fully saturated rings. The first-order valence-electron chi connectivity index (χ1n) is 22.9. The zero-order valence-electron chi connectivity index (χ0n) is 38.7. The molecule has 0 spiro atoms. The molecule has 0 aliphatic carbocycles. The van der Waals surface area contributed by atoms with Crippen LogP contribution in [0.2, 0.25) is 0 Å². The van der Waals surface area contributed by atoms with Gasteiger partial charge in [-0.3, -0.25) is 33.7 Å². The predicted molar refractivity (Wildman–Crippen MR) is 253 cm³/mol. The van der Waals surface area contributed by atoms with Gasteiger partial charge in [0.1, 0.15) is 30.5 Å². The molecule has 17 nitrogen and oxygen atoms in total. The summed E-state index contributed by atoms with van der Waals surface area (Å²) in [6.45, 7) is 5.13. The molecule has 6 rings (SSSR count). The van der Waals surface area contributed by atoms with Crippen molar-refractivity contribution in [1.29, 1.82) is 0 Å². The maximum absolute atomic E-state index is 13.8. The Morgan fingerprint density at radius 2 is 1.24 bits per heavy atom. The molecule has 2 saturated heterocycles. The van der Waals surface area contributed by atoms with Crippen LogP contribution in [-0.4, -0.2) is 118 Å². The molecule has 68 heavy (non-hydrogen) atoms. The summed E-state index contributed by atoms with van der Waals surface area (Å²) < 4.78 is 11.3. The molecule has 0 radical (unpaired) electrons. The fraction of sp³-hybridized carbons (Fsp3) is 0.392. The third kappa shape index (κ3) is 14.6. The second kappa shape index (κ2) is 24.0. The molecule has 4 aromatic rings. The average Bonchev–Trinajstić information content (AvgIpc) is 4.04. The summed E-state index contributed by atoms with van der Waals surface area (Å²) in [6.07, 6.45) is -0.139. The number of hydrogen-bond acceptors (Lipinski definition) is 10.